The molecule has 2 rings (SSSR count). The summed E-state index contributed by atoms with van der Waals surface area (Å²) in [6.07, 6.45) is 5.90. The van der Waals surface area contributed by atoms with E-state index in [-0.39, 0.29) is 0 Å². The largest absolute Gasteiger partial charge is 0.370 e. The highest BCUT2D eigenvalue weighted by Crippen LogP contribution is 2.08. The van der Waals surface area contributed by atoms with Crippen LogP contribution in [0.15, 0.2) is 30.6 Å². The third-order valence-corrected chi connectivity index (χ3v) is 2.81. The van der Waals surface area contributed by atoms with Crippen LogP contribution in [0.4, 0.5) is 5.82 Å². The van der Waals surface area contributed by atoms with Crippen molar-refractivity contribution in [3.8, 4) is 0 Å². The van der Waals surface area contributed by atoms with Crippen LogP contribution in [0.5, 0.6) is 0 Å². The maximum absolute atomic E-state index is 4.60. The molecule has 0 atom stereocenters. The van der Waals surface area contributed by atoms with Crippen molar-refractivity contribution in [3.63, 3.8) is 0 Å². The van der Waals surface area contributed by atoms with Crippen LogP contribution in [0, 0.1) is 0 Å². The van der Waals surface area contributed by atoms with Crippen LogP contribution >= 0.6 is 0 Å². The molecule has 0 unspecified atom stereocenters. The molecule has 18 heavy (non-hydrogen) atoms. The van der Waals surface area contributed by atoms with Crippen molar-refractivity contribution in [2.24, 2.45) is 0 Å². The van der Waals surface area contributed by atoms with Gasteiger partial charge in [-0.2, -0.15) is 0 Å². The minimum atomic E-state index is 0.783. The average Bonchev–Trinajstić information content (AvgIpc) is 2.84. The van der Waals surface area contributed by atoms with E-state index in [0.29, 0.717) is 0 Å². The summed E-state index contributed by atoms with van der Waals surface area (Å²) in [5.74, 6) is 2.05. The predicted octanol–water partition coefficient (Wildman–Crippen LogP) is 2.71. The first-order chi connectivity index (χ1) is 8.83. The molecule has 0 fully saturated rings. The molecule has 4 heteroatoms. The van der Waals surface area contributed by atoms with E-state index < -0.39 is 0 Å². The quantitative estimate of drug-likeness (QED) is 0.849. The molecule has 0 amide bonds. The number of hydrogen-bond acceptors (Lipinski definition) is 3. The van der Waals surface area contributed by atoms with Gasteiger partial charge in [-0.3, -0.25) is 0 Å². The van der Waals surface area contributed by atoms with E-state index in [4.69, 9.17) is 0 Å². The van der Waals surface area contributed by atoms with Crippen molar-refractivity contribution in [2.75, 3.05) is 11.9 Å². The Kier molecular flexibility index (Phi) is 4.34. The number of hydrogen-bond donors (Lipinski definition) is 1. The Balaban J connectivity index is 2.09. The van der Waals surface area contributed by atoms with Gasteiger partial charge in [-0.05, 0) is 18.6 Å². The zero-order chi connectivity index (χ0) is 12.8. The molecular formula is C14H20N4. The Labute approximate surface area is 108 Å². The number of nitrogens with zero attached hydrogens (tertiary/aromatic N) is 3. The van der Waals surface area contributed by atoms with Gasteiger partial charge in [0.05, 0.1) is 12.2 Å². The summed E-state index contributed by atoms with van der Waals surface area (Å²) in [6, 6.07) is 6.10. The fourth-order valence-corrected chi connectivity index (χ4v) is 1.89. The molecular weight excluding hydrogens is 224 g/mol. The fourth-order valence-electron chi connectivity index (χ4n) is 1.89. The second-order valence-corrected chi connectivity index (χ2v) is 4.27. The van der Waals surface area contributed by atoms with E-state index >= 15 is 0 Å². The van der Waals surface area contributed by atoms with Crippen LogP contribution < -0.4 is 5.32 Å². The standard InChI is InChI=1S/C14H20N4/c1-3-8-15-13-7-5-6-12(17-13)11-18-10-9-16-14(18)4-2/h5-7,9-10H,3-4,8,11H2,1-2H3,(H,15,17). The molecule has 0 saturated carbocycles. The zero-order valence-corrected chi connectivity index (χ0v) is 11.1. The van der Waals surface area contributed by atoms with E-state index in [2.05, 4.69) is 39.8 Å². The van der Waals surface area contributed by atoms with Crippen LogP contribution in [0.25, 0.3) is 0 Å². The van der Waals surface area contributed by atoms with E-state index in [1.54, 1.807) is 0 Å². The average molecular weight is 244 g/mol. The molecule has 0 aromatic carbocycles. The molecule has 2 aromatic heterocycles. The molecule has 0 aliphatic heterocycles. The minimum absolute atomic E-state index is 0.783. The van der Waals surface area contributed by atoms with Crippen LogP contribution in [-0.4, -0.2) is 21.1 Å². The highest BCUT2D eigenvalue weighted by atomic mass is 15.1. The topological polar surface area (TPSA) is 42.7 Å². The molecule has 0 aliphatic rings. The van der Waals surface area contributed by atoms with E-state index in [1.165, 1.54) is 0 Å². The van der Waals surface area contributed by atoms with Gasteiger partial charge in [0, 0.05) is 25.4 Å². The predicted molar refractivity (Wildman–Crippen MR) is 73.7 cm³/mol. The summed E-state index contributed by atoms with van der Waals surface area (Å²) in [5.41, 5.74) is 1.06. The lowest BCUT2D eigenvalue weighted by Crippen LogP contribution is -2.07. The van der Waals surface area contributed by atoms with Gasteiger partial charge in [-0.15, -0.1) is 0 Å². The molecule has 0 spiro atoms. The van der Waals surface area contributed by atoms with Crippen molar-refractivity contribution in [3.05, 3.63) is 42.1 Å². The van der Waals surface area contributed by atoms with Crippen LogP contribution in [0.1, 0.15) is 31.8 Å². The highest BCUT2D eigenvalue weighted by molar-refractivity contribution is 5.35. The molecule has 0 bridgehead atoms. The fraction of sp³-hybridized carbons (Fsp3) is 0.429. The molecule has 2 aromatic rings. The maximum Gasteiger partial charge on any atom is 0.126 e. The van der Waals surface area contributed by atoms with Crippen LogP contribution in [0.2, 0.25) is 0 Å². The summed E-state index contributed by atoms with van der Waals surface area (Å²) < 4.78 is 2.14. The zero-order valence-electron chi connectivity index (χ0n) is 11.1. The normalized spacial score (nSPS) is 10.6. The highest BCUT2D eigenvalue weighted by Gasteiger charge is 2.03. The number of aryl methyl sites for hydroxylation is 1. The molecule has 0 radical (unpaired) electrons. The Morgan fingerprint density at radius 1 is 1.28 bits per heavy atom. The van der Waals surface area contributed by atoms with Gasteiger partial charge in [0.1, 0.15) is 11.6 Å². The summed E-state index contributed by atoms with van der Waals surface area (Å²) in [6.45, 7) is 6.01. The maximum atomic E-state index is 4.60. The first-order valence-electron chi connectivity index (χ1n) is 6.53. The lowest BCUT2D eigenvalue weighted by atomic mass is 10.3. The lowest BCUT2D eigenvalue weighted by molar-refractivity contribution is 0.717. The van der Waals surface area contributed by atoms with Gasteiger partial charge in [-0.25, -0.2) is 9.97 Å². The summed E-state index contributed by atoms with van der Waals surface area (Å²) in [5, 5.41) is 3.31. The monoisotopic (exact) mass is 244 g/mol. The van der Waals surface area contributed by atoms with Gasteiger partial charge in [0.25, 0.3) is 0 Å². The van der Waals surface area contributed by atoms with Crippen molar-refractivity contribution in [2.45, 2.75) is 33.2 Å². The van der Waals surface area contributed by atoms with Gasteiger partial charge >= 0.3 is 0 Å². The van der Waals surface area contributed by atoms with Crippen molar-refractivity contribution in [1.82, 2.24) is 14.5 Å². The minimum Gasteiger partial charge on any atom is -0.370 e. The number of pyridine rings is 1. The SMILES string of the molecule is CCCNc1cccc(Cn2ccnc2CC)n1. The van der Waals surface area contributed by atoms with Crippen molar-refractivity contribution < 1.29 is 0 Å². The second-order valence-electron chi connectivity index (χ2n) is 4.27. The van der Waals surface area contributed by atoms with Crippen molar-refractivity contribution >= 4 is 5.82 Å². The molecule has 0 saturated heterocycles. The number of anilines is 1. The van der Waals surface area contributed by atoms with Gasteiger partial charge in [0.2, 0.25) is 0 Å². The Hall–Kier alpha value is -1.84. The Bertz CT molecular complexity index is 490. The Morgan fingerprint density at radius 3 is 2.94 bits per heavy atom. The lowest BCUT2D eigenvalue weighted by Gasteiger charge is -2.08. The van der Waals surface area contributed by atoms with E-state index in [1.807, 2.05) is 24.5 Å². The van der Waals surface area contributed by atoms with E-state index in [0.717, 1.165) is 43.3 Å². The third-order valence-electron chi connectivity index (χ3n) is 2.81. The molecule has 96 valence electrons. The molecule has 4 nitrogen and oxygen atoms in total. The van der Waals surface area contributed by atoms with Gasteiger partial charge < -0.3 is 9.88 Å². The smallest absolute Gasteiger partial charge is 0.126 e. The van der Waals surface area contributed by atoms with Crippen molar-refractivity contribution in [1.29, 1.82) is 0 Å². The summed E-state index contributed by atoms with van der Waals surface area (Å²) in [4.78, 5) is 8.92. The summed E-state index contributed by atoms with van der Waals surface area (Å²) >= 11 is 0. The Morgan fingerprint density at radius 2 is 2.17 bits per heavy atom. The summed E-state index contributed by atoms with van der Waals surface area (Å²) in [7, 11) is 0. The number of rotatable bonds is 6. The van der Waals surface area contributed by atoms with Crippen LogP contribution in [-0.2, 0) is 13.0 Å². The van der Waals surface area contributed by atoms with Gasteiger partial charge in [0.15, 0.2) is 0 Å². The van der Waals surface area contributed by atoms with Gasteiger partial charge in [-0.1, -0.05) is 19.9 Å². The first kappa shape index (κ1) is 12.6. The number of imidazole rings is 1. The third kappa shape index (κ3) is 3.09. The second kappa shape index (κ2) is 6.19. The number of aromatic nitrogens is 3. The molecule has 2 heterocycles. The molecule has 1 N–H and O–H groups in total. The van der Waals surface area contributed by atoms with Crippen LogP contribution in [0.3, 0.4) is 0 Å². The number of nitrogens with one attached hydrogen (secondary N) is 1. The first-order valence-corrected chi connectivity index (χ1v) is 6.53. The van der Waals surface area contributed by atoms with E-state index in [9.17, 15) is 0 Å². The molecule has 0 aliphatic carbocycles.